The Morgan fingerprint density at radius 1 is 1.00 bits per heavy atom. The molecule has 0 aliphatic carbocycles. The maximum absolute atomic E-state index is 12.8. The molecule has 1 atom stereocenters. The van der Waals surface area contributed by atoms with Gasteiger partial charge in [-0.3, -0.25) is 9.78 Å². The van der Waals surface area contributed by atoms with E-state index in [9.17, 15) is 4.79 Å². The molecular weight excluding hydrogens is 378 g/mol. The molecule has 0 saturated heterocycles. The number of nitrogens with zero attached hydrogens (tertiary/aromatic N) is 2. The molecule has 0 bridgehead atoms. The molecule has 1 N–H and O–H groups in total. The standard InChI is InChI=1S/C24H21N3OS/c1-17-9-11-19(12-10-17)23(18-6-3-2-4-7-18)27-22(28)14-21-16-29-24(26-21)20-8-5-13-25-15-20/h2-13,15-16,23H,14H2,1H3,(H,27,28). The molecule has 0 fully saturated rings. The molecule has 1 amide bonds. The fourth-order valence-electron chi connectivity index (χ4n) is 3.15. The van der Waals surface area contributed by atoms with Crippen LogP contribution >= 0.6 is 11.3 Å². The maximum atomic E-state index is 12.8. The van der Waals surface area contributed by atoms with Crippen molar-refractivity contribution in [1.29, 1.82) is 0 Å². The lowest BCUT2D eigenvalue weighted by Gasteiger charge is -2.20. The third-order valence-electron chi connectivity index (χ3n) is 4.65. The number of amides is 1. The average molecular weight is 400 g/mol. The molecule has 2 aromatic carbocycles. The van der Waals surface area contributed by atoms with Gasteiger partial charge in [-0.1, -0.05) is 60.2 Å². The molecule has 4 aromatic rings. The van der Waals surface area contributed by atoms with Crippen molar-refractivity contribution in [2.45, 2.75) is 19.4 Å². The average Bonchev–Trinajstić information content (AvgIpc) is 3.22. The van der Waals surface area contributed by atoms with E-state index in [-0.39, 0.29) is 18.4 Å². The maximum Gasteiger partial charge on any atom is 0.226 e. The lowest BCUT2D eigenvalue weighted by Crippen LogP contribution is -2.30. The quantitative estimate of drug-likeness (QED) is 0.498. The van der Waals surface area contributed by atoms with Crippen LogP contribution in [-0.2, 0) is 11.2 Å². The number of carbonyl (C=O) groups is 1. The highest BCUT2D eigenvalue weighted by molar-refractivity contribution is 7.13. The summed E-state index contributed by atoms with van der Waals surface area (Å²) in [4.78, 5) is 21.6. The van der Waals surface area contributed by atoms with Crippen LogP contribution in [0.15, 0.2) is 84.5 Å². The van der Waals surface area contributed by atoms with E-state index in [0.717, 1.165) is 27.4 Å². The van der Waals surface area contributed by atoms with Crippen LogP contribution in [0.4, 0.5) is 0 Å². The molecule has 2 heterocycles. The second-order valence-corrected chi connectivity index (χ2v) is 7.74. The van der Waals surface area contributed by atoms with Crippen LogP contribution in [0.1, 0.15) is 28.4 Å². The summed E-state index contributed by atoms with van der Waals surface area (Å²) in [6.45, 7) is 2.06. The first-order chi connectivity index (χ1) is 14.2. The van der Waals surface area contributed by atoms with Gasteiger partial charge in [0.1, 0.15) is 5.01 Å². The normalized spacial score (nSPS) is 11.8. The monoisotopic (exact) mass is 399 g/mol. The topological polar surface area (TPSA) is 54.9 Å². The van der Waals surface area contributed by atoms with Crippen LogP contribution in [-0.4, -0.2) is 15.9 Å². The van der Waals surface area contributed by atoms with Crippen molar-refractivity contribution in [1.82, 2.24) is 15.3 Å². The number of benzene rings is 2. The second kappa shape index (κ2) is 8.80. The summed E-state index contributed by atoms with van der Waals surface area (Å²) in [5.41, 5.74) is 5.04. The number of nitrogens with one attached hydrogen (secondary N) is 1. The van der Waals surface area contributed by atoms with Crippen LogP contribution in [0.3, 0.4) is 0 Å². The third kappa shape index (κ3) is 4.76. The van der Waals surface area contributed by atoms with Crippen molar-refractivity contribution in [3.63, 3.8) is 0 Å². The number of rotatable bonds is 6. The molecule has 0 spiro atoms. The summed E-state index contributed by atoms with van der Waals surface area (Å²) in [5.74, 6) is -0.0533. The van der Waals surface area contributed by atoms with Crippen molar-refractivity contribution in [3.05, 3.63) is 107 Å². The largest absolute Gasteiger partial charge is 0.345 e. The van der Waals surface area contributed by atoms with Gasteiger partial charge in [0, 0.05) is 23.3 Å². The molecule has 5 heteroatoms. The molecule has 0 aliphatic heterocycles. The summed E-state index contributed by atoms with van der Waals surface area (Å²) in [6, 6.07) is 22.0. The van der Waals surface area contributed by atoms with Gasteiger partial charge < -0.3 is 5.32 Å². The lowest BCUT2D eigenvalue weighted by atomic mass is 9.97. The van der Waals surface area contributed by atoms with E-state index < -0.39 is 0 Å². The van der Waals surface area contributed by atoms with Crippen molar-refractivity contribution >= 4 is 17.2 Å². The van der Waals surface area contributed by atoms with E-state index >= 15 is 0 Å². The molecule has 0 aliphatic rings. The van der Waals surface area contributed by atoms with E-state index in [1.54, 1.807) is 12.4 Å². The fraction of sp³-hybridized carbons (Fsp3) is 0.125. The SMILES string of the molecule is Cc1ccc(C(NC(=O)Cc2csc(-c3cccnc3)n2)c2ccccc2)cc1. The molecule has 144 valence electrons. The van der Waals surface area contributed by atoms with Crippen LogP contribution in [0.5, 0.6) is 0 Å². The van der Waals surface area contributed by atoms with Crippen LogP contribution in [0.2, 0.25) is 0 Å². The van der Waals surface area contributed by atoms with E-state index in [0.29, 0.717) is 0 Å². The number of carbonyl (C=O) groups excluding carboxylic acids is 1. The van der Waals surface area contributed by atoms with Gasteiger partial charge in [-0.2, -0.15) is 0 Å². The highest BCUT2D eigenvalue weighted by Gasteiger charge is 2.18. The van der Waals surface area contributed by atoms with E-state index in [1.165, 1.54) is 16.9 Å². The number of hydrogen-bond donors (Lipinski definition) is 1. The number of thiazole rings is 1. The van der Waals surface area contributed by atoms with E-state index in [4.69, 9.17) is 0 Å². The molecule has 0 radical (unpaired) electrons. The van der Waals surface area contributed by atoms with Gasteiger partial charge in [0.2, 0.25) is 5.91 Å². The van der Waals surface area contributed by atoms with Crippen molar-refractivity contribution in [3.8, 4) is 10.6 Å². The first kappa shape index (κ1) is 19.0. The van der Waals surface area contributed by atoms with Crippen molar-refractivity contribution in [2.24, 2.45) is 0 Å². The fourth-order valence-corrected chi connectivity index (χ4v) is 3.96. The summed E-state index contributed by atoms with van der Waals surface area (Å²) >= 11 is 1.53. The van der Waals surface area contributed by atoms with Crippen molar-refractivity contribution < 1.29 is 4.79 Å². The van der Waals surface area contributed by atoms with Crippen molar-refractivity contribution in [2.75, 3.05) is 0 Å². The van der Waals surface area contributed by atoms with Gasteiger partial charge in [0.15, 0.2) is 0 Å². The number of hydrogen-bond acceptors (Lipinski definition) is 4. The molecule has 4 nitrogen and oxygen atoms in total. The number of aromatic nitrogens is 2. The van der Waals surface area contributed by atoms with Crippen LogP contribution in [0.25, 0.3) is 10.6 Å². The molecule has 2 aromatic heterocycles. The predicted molar refractivity (Wildman–Crippen MR) is 117 cm³/mol. The Morgan fingerprint density at radius 3 is 2.48 bits per heavy atom. The van der Waals surface area contributed by atoms with Gasteiger partial charge in [-0.15, -0.1) is 11.3 Å². The Hall–Kier alpha value is -3.31. The zero-order valence-corrected chi connectivity index (χ0v) is 16.9. The third-order valence-corrected chi connectivity index (χ3v) is 5.59. The van der Waals surface area contributed by atoms with Gasteiger partial charge in [0.25, 0.3) is 0 Å². The lowest BCUT2D eigenvalue weighted by molar-refractivity contribution is -0.121. The minimum atomic E-state index is -0.194. The minimum absolute atomic E-state index is 0.0533. The Labute approximate surface area is 174 Å². The molecular formula is C24H21N3OS. The zero-order valence-electron chi connectivity index (χ0n) is 16.1. The minimum Gasteiger partial charge on any atom is -0.345 e. The van der Waals surface area contributed by atoms with Crippen LogP contribution in [0, 0.1) is 6.92 Å². The van der Waals surface area contributed by atoms with E-state index in [1.807, 2.05) is 47.8 Å². The van der Waals surface area contributed by atoms with Gasteiger partial charge in [0.05, 0.1) is 18.2 Å². The van der Waals surface area contributed by atoms with Gasteiger partial charge in [-0.05, 0) is 30.2 Å². The smallest absolute Gasteiger partial charge is 0.226 e. The zero-order chi connectivity index (χ0) is 20.1. The summed E-state index contributed by atoms with van der Waals surface area (Å²) < 4.78 is 0. The highest BCUT2D eigenvalue weighted by atomic mass is 32.1. The van der Waals surface area contributed by atoms with Gasteiger partial charge >= 0.3 is 0 Å². The number of aryl methyl sites for hydroxylation is 1. The Bertz CT molecular complexity index is 1080. The first-order valence-electron chi connectivity index (χ1n) is 9.45. The molecule has 0 saturated carbocycles. The van der Waals surface area contributed by atoms with Crippen LogP contribution < -0.4 is 5.32 Å². The second-order valence-electron chi connectivity index (χ2n) is 6.88. The molecule has 4 rings (SSSR count). The summed E-state index contributed by atoms with van der Waals surface area (Å²) in [7, 11) is 0. The molecule has 29 heavy (non-hydrogen) atoms. The summed E-state index contributed by atoms with van der Waals surface area (Å²) in [5, 5.41) is 5.99. The predicted octanol–water partition coefficient (Wildman–Crippen LogP) is 4.96. The Morgan fingerprint density at radius 2 is 1.76 bits per heavy atom. The van der Waals surface area contributed by atoms with E-state index in [2.05, 4.69) is 46.5 Å². The Balaban J connectivity index is 1.51. The first-order valence-corrected chi connectivity index (χ1v) is 10.3. The summed E-state index contributed by atoms with van der Waals surface area (Å²) in [6.07, 6.45) is 3.76. The number of pyridine rings is 1. The highest BCUT2D eigenvalue weighted by Crippen LogP contribution is 2.24. The molecule has 1 unspecified atom stereocenters. The Kier molecular flexibility index (Phi) is 5.77. The van der Waals surface area contributed by atoms with Gasteiger partial charge in [-0.25, -0.2) is 4.98 Å².